The SMILES string of the molecule is C=C(/C=C\C(=C)C(=C)/C(F)=C(/F)C(=C)C(C)OCC(C)C)C(=C)/C(F)=C(/F)C(=C)OCCC. The average Bonchev–Trinajstić information content (AvgIpc) is 2.80. The van der Waals surface area contributed by atoms with Gasteiger partial charge in [-0.15, -0.1) is 0 Å². The lowest BCUT2D eigenvalue weighted by molar-refractivity contribution is 0.0690. The van der Waals surface area contributed by atoms with Crippen molar-refractivity contribution in [1.29, 1.82) is 0 Å². The number of halogens is 4. The highest BCUT2D eigenvalue weighted by Crippen LogP contribution is 2.30. The summed E-state index contributed by atoms with van der Waals surface area (Å²) in [6, 6.07) is 0. The molecule has 0 saturated heterocycles. The highest BCUT2D eigenvalue weighted by Gasteiger charge is 2.20. The third kappa shape index (κ3) is 9.66. The van der Waals surface area contributed by atoms with Crippen molar-refractivity contribution in [2.24, 2.45) is 5.92 Å². The van der Waals surface area contributed by atoms with E-state index in [2.05, 4.69) is 39.5 Å². The zero-order chi connectivity index (χ0) is 25.9. The highest BCUT2D eigenvalue weighted by atomic mass is 19.2. The molecule has 0 saturated carbocycles. The van der Waals surface area contributed by atoms with Crippen LogP contribution in [0.5, 0.6) is 0 Å². The van der Waals surface area contributed by atoms with Crippen LogP contribution in [0, 0.1) is 5.92 Å². The summed E-state index contributed by atoms with van der Waals surface area (Å²) in [7, 11) is 0. The summed E-state index contributed by atoms with van der Waals surface area (Å²) < 4.78 is 67.9. The van der Waals surface area contributed by atoms with Gasteiger partial charge in [0.2, 0.25) is 5.83 Å². The van der Waals surface area contributed by atoms with Crippen molar-refractivity contribution in [1.82, 2.24) is 0 Å². The van der Waals surface area contributed by atoms with Gasteiger partial charge in [-0.05, 0) is 30.4 Å². The molecule has 0 amide bonds. The summed E-state index contributed by atoms with van der Waals surface area (Å²) in [5.41, 5.74) is -0.916. The summed E-state index contributed by atoms with van der Waals surface area (Å²) >= 11 is 0. The molecule has 0 bridgehead atoms. The zero-order valence-corrected chi connectivity index (χ0v) is 20.0. The summed E-state index contributed by atoms with van der Waals surface area (Å²) in [6.45, 7) is 28.8. The molecule has 0 aromatic carbocycles. The van der Waals surface area contributed by atoms with Crippen molar-refractivity contribution in [3.63, 3.8) is 0 Å². The molecule has 6 heteroatoms. The van der Waals surface area contributed by atoms with Gasteiger partial charge in [-0.1, -0.05) is 72.4 Å². The van der Waals surface area contributed by atoms with Gasteiger partial charge < -0.3 is 9.47 Å². The minimum Gasteiger partial charge on any atom is -0.491 e. The van der Waals surface area contributed by atoms with E-state index in [0.29, 0.717) is 13.0 Å². The van der Waals surface area contributed by atoms with Crippen molar-refractivity contribution in [3.05, 3.63) is 109 Å². The summed E-state index contributed by atoms with van der Waals surface area (Å²) in [5.74, 6) is -5.28. The lowest BCUT2D eigenvalue weighted by Gasteiger charge is -2.17. The molecule has 2 nitrogen and oxygen atoms in total. The summed E-state index contributed by atoms with van der Waals surface area (Å²) in [4.78, 5) is 0. The van der Waals surface area contributed by atoms with Gasteiger partial charge in [0.1, 0.15) is 0 Å². The van der Waals surface area contributed by atoms with Gasteiger partial charge in [-0.3, -0.25) is 0 Å². The van der Waals surface area contributed by atoms with E-state index in [9.17, 15) is 17.6 Å². The molecule has 0 heterocycles. The largest absolute Gasteiger partial charge is 0.491 e. The van der Waals surface area contributed by atoms with Gasteiger partial charge in [0.05, 0.1) is 12.7 Å². The quantitative estimate of drug-likeness (QED) is 0.137. The average molecular weight is 467 g/mol. The maximum Gasteiger partial charge on any atom is 0.200 e. The van der Waals surface area contributed by atoms with Gasteiger partial charge in [0, 0.05) is 23.3 Å². The van der Waals surface area contributed by atoms with Crippen LogP contribution in [0.4, 0.5) is 17.6 Å². The molecule has 0 rings (SSSR count). The normalized spacial score (nSPS) is 13.8. The number of allylic oxidation sites excluding steroid dienone is 9. The molecule has 0 aliphatic carbocycles. The number of hydrogen-bond acceptors (Lipinski definition) is 2. The second kappa shape index (κ2) is 14.3. The smallest absolute Gasteiger partial charge is 0.200 e. The Hall–Kier alpha value is -2.86. The van der Waals surface area contributed by atoms with E-state index < -0.39 is 35.2 Å². The Bertz CT molecular complexity index is 901. The second-order valence-electron chi connectivity index (χ2n) is 7.76. The van der Waals surface area contributed by atoms with E-state index >= 15 is 0 Å². The molecule has 0 spiro atoms. The topological polar surface area (TPSA) is 18.5 Å². The Morgan fingerprint density at radius 2 is 1.21 bits per heavy atom. The Morgan fingerprint density at radius 1 is 0.758 bits per heavy atom. The van der Waals surface area contributed by atoms with Crippen LogP contribution >= 0.6 is 0 Å². The molecule has 1 unspecified atom stereocenters. The third-order valence-corrected chi connectivity index (χ3v) is 4.35. The van der Waals surface area contributed by atoms with E-state index in [-0.39, 0.29) is 40.4 Å². The fraction of sp³-hybridized carbons (Fsp3) is 0.333. The maximum absolute atomic E-state index is 14.6. The van der Waals surface area contributed by atoms with Crippen LogP contribution in [0.2, 0.25) is 0 Å². The molecule has 0 fully saturated rings. The summed E-state index contributed by atoms with van der Waals surface area (Å²) in [5, 5.41) is 0. The lowest BCUT2D eigenvalue weighted by Crippen LogP contribution is -2.15. The Morgan fingerprint density at radius 3 is 1.64 bits per heavy atom. The molecule has 1 atom stereocenters. The van der Waals surface area contributed by atoms with Crippen molar-refractivity contribution >= 4 is 0 Å². The van der Waals surface area contributed by atoms with Crippen LogP contribution in [0.15, 0.2) is 109 Å². The molecule has 33 heavy (non-hydrogen) atoms. The van der Waals surface area contributed by atoms with Crippen LogP contribution in [0.1, 0.15) is 34.1 Å². The van der Waals surface area contributed by atoms with Crippen LogP contribution in [-0.2, 0) is 9.47 Å². The predicted octanol–water partition coefficient (Wildman–Crippen LogP) is 8.63. The van der Waals surface area contributed by atoms with E-state index in [4.69, 9.17) is 9.47 Å². The first-order valence-corrected chi connectivity index (χ1v) is 10.4. The minimum absolute atomic E-state index is 0.0132. The van der Waals surface area contributed by atoms with Gasteiger partial charge in [0.25, 0.3) is 0 Å². The molecule has 0 aromatic heterocycles. The van der Waals surface area contributed by atoms with Crippen molar-refractivity contribution < 1.29 is 27.0 Å². The summed E-state index contributed by atoms with van der Waals surface area (Å²) in [6.07, 6.45) is 2.32. The molecule has 0 radical (unpaired) electrons. The lowest BCUT2D eigenvalue weighted by atomic mass is 10.0. The van der Waals surface area contributed by atoms with Crippen molar-refractivity contribution in [3.8, 4) is 0 Å². The van der Waals surface area contributed by atoms with Crippen LogP contribution in [-0.4, -0.2) is 19.3 Å². The molecule has 0 aromatic rings. The standard InChI is InChI=1S/C27H34F4O2/c1-11-14-32-23(10)27(31)25(29)20(7)18(5)13-12-17(4)19(6)24(28)26(30)21(8)22(9)33-15-16(2)3/h12-13,16,22H,4-8,10-11,14-15H2,1-3,9H3/b13-12-,26-24-,27-25-. The number of ether oxygens (including phenoxy) is 2. The van der Waals surface area contributed by atoms with Crippen LogP contribution in [0.3, 0.4) is 0 Å². The molecular formula is C27H34F4O2. The zero-order valence-electron chi connectivity index (χ0n) is 20.0. The van der Waals surface area contributed by atoms with Crippen molar-refractivity contribution in [2.45, 2.75) is 40.2 Å². The van der Waals surface area contributed by atoms with Gasteiger partial charge in [-0.25, -0.2) is 13.2 Å². The van der Waals surface area contributed by atoms with Gasteiger partial charge in [0.15, 0.2) is 23.2 Å². The Balaban J connectivity index is 5.34. The first-order valence-electron chi connectivity index (χ1n) is 10.4. The Kier molecular flexibility index (Phi) is 13.1. The van der Waals surface area contributed by atoms with Gasteiger partial charge >= 0.3 is 0 Å². The van der Waals surface area contributed by atoms with Gasteiger partial charge in [-0.2, -0.15) is 4.39 Å². The molecular weight excluding hydrogens is 432 g/mol. The van der Waals surface area contributed by atoms with E-state index in [1.54, 1.807) is 13.8 Å². The maximum atomic E-state index is 14.6. The fourth-order valence-corrected chi connectivity index (χ4v) is 2.12. The fourth-order valence-electron chi connectivity index (χ4n) is 2.12. The first-order chi connectivity index (χ1) is 15.3. The van der Waals surface area contributed by atoms with Crippen LogP contribution in [0.25, 0.3) is 0 Å². The third-order valence-electron chi connectivity index (χ3n) is 4.35. The highest BCUT2D eigenvalue weighted by molar-refractivity contribution is 5.54. The molecule has 182 valence electrons. The first kappa shape index (κ1) is 30.1. The van der Waals surface area contributed by atoms with E-state index in [1.807, 2.05) is 13.8 Å². The van der Waals surface area contributed by atoms with Crippen LogP contribution < -0.4 is 0 Å². The van der Waals surface area contributed by atoms with E-state index in [0.717, 1.165) is 0 Å². The second-order valence-corrected chi connectivity index (χ2v) is 7.76. The van der Waals surface area contributed by atoms with E-state index in [1.165, 1.54) is 12.2 Å². The molecule has 0 N–H and O–H groups in total. The monoisotopic (exact) mass is 466 g/mol. The Labute approximate surface area is 195 Å². The number of rotatable bonds is 15. The predicted molar refractivity (Wildman–Crippen MR) is 129 cm³/mol. The van der Waals surface area contributed by atoms with Crippen molar-refractivity contribution in [2.75, 3.05) is 13.2 Å². The molecule has 0 aliphatic heterocycles. The minimum atomic E-state index is -1.30. The number of hydrogen-bond donors (Lipinski definition) is 0. The molecule has 0 aliphatic rings.